The molecule has 1 aliphatic carbocycles. The lowest BCUT2D eigenvalue weighted by Crippen LogP contribution is -2.18. The van der Waals surface area contributed by atoms with Crippen molar-refractivity contribution in [1.29, 1.82) is 0 Å². The highest BCUT2D eigenvalue weighted by Crippen LogP contribution is 2.30. The molecule has 21 heavy (non-hydrogen) atoms. The summed E-state index contributed by atoms with van der Waals surface area (Å²) in [6.07, 6.45) is 4.56. The fraction of sp³-hybridized carbons (Fsp3) is 0.647. The first-order chi connectivity index (χ1) is 9.69. The molecule has 1 saturated carbocycles. The van der Waals surface area contributed by atoms with Gasteiger partial charge in [-0.05, 0) is 56.2 Å². The third-order valence-electron chi connectivity index (χ3n) is 3.45. The average Bonchev–Trinajstić information content (AvgIpc) is 3.21. The minimum absolute atomic E-state index is 0. The molecule has 0 radical (unpaired) electrons. The van der Waals surface area contributed by atoms with Crippen LogP contribution in [-0.4, -0.2) is 19.3 Å². The lowest BCUT2D eigenvalue weighted by atomic mass is 10.0. The van der Waals surface area contributed by atoms with Gasteiger partial charge in [0.2, 0.25) is 0 Å². The molecule has 0 aliphatic heterocycles. The van der Waals surface area contributed by atoms with Crippen molar-refractivity contribution in [3.05, 3.63) is 29.3 Å². The molecule has 0 aromatic heterocycles. The van der Waals surface area contributed by atoms with E-state index in [1.807, 2.05) is 6.92 Å². The predicted octanol–water partition coefficient (Wildman–Crippen LogP) is 3.71. The monoisotopic (exact) mass is 313 g/mol. The van der Waals surface area contributed by atoms with Crippen LogP contribution in [0.1, 0.15) is 44.2 Å². The molecule has 1 aromatic carbocycles. The van der Waals surface area contributed by atoms with Gasteiger partial charge >= 0.3 is 0 Å². The van der Waals surface area contributed by atoms with Crippen LogP contribution >= 0.6 is 12.4 Å². The van der Waals surface area contributed by atoms with Gasteiger partial charge in [-0.15, -0.1) is 12.4 Å². The van der Waals surface area contributed by atoms with Gasteiger partial charge < -0.3 is 15.2 Å². The summed E-state index contributed by atoms with van der Waals surface area (Å²) in [5, 5.41) is 0. The smallest absolute Gasteiger partial charge is 0.124 e. The minimum atomic E-state index is 0. The molecule has 4 heteroatoms. The molecule has 2 N–H and O–H groups in total. The summed E-state index contributed by atoms with van der Waals surface area (Å²) < 4.78 is 11.6. The number of ether oxygens (including phenoxy) is 2. The summed E-state index contributed by atoms with van der Waals surface area (Å²) >= 11 is 0. The standard InChI is InChI=1S/C17H27NO2.ClH/c1-3-8-20-17-7-6-15(9-13(2)18)10-16(17)12-19-11-14-4-5-14;/h6-7,10,13-14H,3-5,8-9,11-12,18H2,1-2H3;1H. The maximum atomic E-state index is 5.88. The highest BCUT2D eigenvalue weighted by Gasteiger charge is 2.21. The van der Waals surface area contributed by atoms with Crippen LogP contribution in [0, 0.1) is 5.92 Å². The fourth-order valence-electron chi connectivity index (χ4n) is 2.22. The Balaban J connectivity index is 0.00000220. The second-order valence-corrected chi connectivity index (χ2v) is 5.93. The quantitative estimate of drug-likeness (QED) is 0.756. The minimum Gasteiger partial charge on any atom is -0.493 e. The van der Waals surface area contributed by atoms with E-state index in [1.165, 1.54) is 18.4 Å². The van der Waals surface area contributed by atoms with Gasteiger partial charge in [0, 0.05) is 18.2 Å². The number of benzene rings is 1. The summed E-state index contributed by atoms with van der Waals surface area (Å²) in [6.45, 7) is 6.42. The lowest BCUT2D eigenvalue weighted by molar-refractivity contribution is 0.109. The molecule has 1 fully saturated rings. The molecule has 3 nitrogen and oxygen atoms in total. The summed E-state index contributed by atoms with van der Waals surface area (Å²) in [7, 11) is 0. The Morgan fingerprint density at radius 3 is 2.71 bits per heavy atom. The van der Waals surface area contributed by atoms with Crippen molar-refractivity contribution in [3.8, 4) is 5.75 Å². The first kappa shape index (κ1) is 18.3. The highest BCUT2D eigenvalue weighted by atomic mass is 35.5. The van der Waals surface area contributed by atoms with E-state index in [2.05, 4.69) is 25.1 Å². The van der Waals surface area contributed by atoms with Crippen molar-refractivity contribution in [1.82, 2.24) is 0 Å². The van der Waals surface area contributed by atoms with Crippen LogP contribution in [0.5, 0.6) is 5.75 Å². The second-order valence-electron chi connectivity index (χ2n) is 5.93. The van der Waals surface area contributed by atoms with Gasteiger partial charge in [0.05, 0.1) is 13.2 Å². The first-order valence-electron chi connectivity index (χ1n) is 7.77. The van der Waals surface area contributed by atoms with Crippen LogP contribution in [0.3, 0.4) is 0 Å². The van der Waals surface area contributed by atoms with Crippen molar-refractivity contribution in [2.45, 2.75) is 52.2 Å². The number of halogens is 1. The third-order valence-corrected chi connectivity index (χ3v) is 3.45. The van der Waals surface area contributed by atoms with Crippen LogP contribution in [0.15, 0.2) is 18.2 Å². The maximum Gasteiger partial charge on any atom is 0.124 e. The van der Waals surface area contributed by atoms with E-state index in [0.29, 0.717) is 6.61 Å². The van der Waals surface area contributed by atoms with E-state index in [0.717, 1.165) is 43.3 Å². The summed E-state index contributed by atoms with van der Waals surface area (Å²) in [6, 6.07) is 6.53. The first-order valence-corrected chi connectivity index (χ1v) is 7.77. The van der Waals surface area contributed by atoms with Gasteiger partial charge in [0.25, 0.3) is 0 Å². The van der Waals surface area contributed by atoms with E-state index in [9.17, 15) is 0 Å². The molecule has 1 unspecified atom stereocenters. The Bertz CT molecular complexity index is 419. The van der Waals surface area contributed by atoms with E-state index in [1.54, 1.807) is 0 Å². The van der Waals surface area contributed by atoms with Gasteiger partial charge in [0.1, 0.15) is 5.75 Å². The Labute approximate surface area is 134 Å². The molecular formula is C17H28ClNO2. The summed E-state index contributed by atoms with van der Waals surface area (Å²) in [5.41, 5.74) is 8.29. The zero-order valence-electron chi connectivity index (χ0n) is 13.1. The predicted molar refractivity (Wildman–Crippen MR) is 89.2 cm³/mol. The molecule has 0 amide bonds. The van der Waals surface area contributed by atoms with Gasteiger partial charge in [-0.3, -0.25) is 0 Å². The van der Waals surface area contributed by atoms with Crippen LogP contribution in [0.4, 0.5) is 0 Å². The topological polar surface area (TPSA) is 44.5 Å². The molecule has 2 rings (SSSR count). The molecule has 1 aromatic rings. The number of nitrogens with two attached hydrogens (primary N) is 1. The van der Waals surface area contributed by atoms with Crippen molar-refractivity contribution in [2.75, 3.05) is 13.2 Å². The maximum absolute atomic E-state index is 5.88. The van der Waals surface area contributed by atoms with Crippen molar-refractivity contribution >= 4 is 12.4 Å². The fourth-order valence-corrected chi connectivity index (χ4v) is 2.22. The van der Waals surface area contributed by atoms with Crippen molar-refractivity contribution in [3.63, 3.8) is 0 Å². The number of hydrogen-bond acceptors (Lipinski definition) is 3. The molecule has 1 aliphatic rings. The summed E-state index contributed by atoms with van der Waals surface area (Å²) in [5.74, 6) is 1.75. The van der Waals surface area contributed by atoms with Crippen molar-refractivity contribution < 1.29 is 9.47 Å². The highest BCUT2D eigenvalue weighted by molar-refractivity contribution is 5.85. The van der Waals surface area contributed by atoms with Crippen LogP contribution in [0.2, 0.25) is 0 Å². The van der Waals surface area contributed by atoms with E-state index in [4.69, 9.17) is 15.2 Å². The van der Waals surface area contributed by atoms with Crippen LogP contribution in [-0.2, 0) is 17.8 Å². The van der Waals surface area contributed by atoms with Crippen LogP contribution < -0.4 is 10.5 Å². The zero-order valence-corrected chi connectivity index (χ0v) is 14.0. The zero-order chi connectivity index (χ0) is 14.4. The van der Waals surface area contributed by atoms with Gasteiger partial charge in [-0.25, -0.2) is 0 Å². The van der Waals surface area contributed by atoms with Gasteiger partial charge in [0.15, 0.2) is 0 Å². The molecule has 0 bridgehead atoms. The Morgan fingerprint density at radius 1 is 1.33 bits per heavy atom. The Morgan fingerprint density at radius 2 is 2.10 bits per heavy atom. The molecule has 1 atom stereocenters. The lowest BCUT2D eigenvalue weighted by Gasteiger charge is -2.14. The van der Waals surface area contributed by atoms with E-state index < -0.39 is 0 Å². The molecule has 0 saturated heterocycles. The van der Waals surface area contributed by atoms with Crippen LogP contribution in [0.25, 0.3) is 0 Å². The number of hydrogen-bond donors (Lipinski definition) is 1. The average molecular weight is 314 g/mol. The summed E-state index contributed by atoms with van der Waals surface area (Å²) in [4.78, 5) is 0. The van der Waals surface area contributed by atoms with Gasteiger partial charge in [-0.2, -0.15) is 0 Å². The SMILES string of the molecule is CCCOc1ccc(CC(C)N)cc1COCC1CC1.Cl. The molecule has 120 valence electrons. The number of rotatable bonds is 9. The van der Waals surface area contributed by atoms with Crippen molar-refractivity contribution in [2.24, 2.45) is 11.7 Å². The Hall–Kier alpha value is -0.770. The molecule has 0 spiro atoms. The molecule has 0 heterocycles. The van der Waals surface area contributed by atoms with Gasteiger partial charge in [-0.1, -0.05) is 13.0 Å². The van der Waals surface area contributed by atoms with E-state index in [-0.39, 0.29) is 18.4 Å². The molecular weight excluding hydrogens is 286 g/mol. The third kappa shape index (κ3) is 6.68. The van der Waals surface area contributed by atoms with E-state index >= 15 is 0 Å². The normalized spacial score (nSPS) is 15.4. The Kier molecular flexibility index (Phi) is 8.09. The second kappa shape index (κ2) is 9.29. The largest absolute Gasteiger partial charge is 0.493 e.